The molecule has 0 bridgehead atoms. The van der Waals surface area contributed by atoms with Gasteiger partial charge in [-0.3, -0.25) is 14.4 Å². The number of allylic oxidation sites excluding steroid dienone is 26. The highest BCUT2D eigenvalue weighted by atomic mass is 16.6. The molecule has 6 heteroatoms. The molecule has 1 atom stereocenters. The van der Waals surface area contributed by atoms with E-state index in [2.05, 4.69) is 179 Å². The number of hydrogen-bond donors (Lipinski definition) is 0. The zero-order valence-electron chi connectivity index (χ0n) is 52.9. The third-order valence-corrected chi connectivity index (χ3v) is 13.7. The molecular weight excluding hydrogens is 1010 g/mol. The molecule has 0 rings (SSSR count). The van der Waals surface area contributed by atoms with Crippen molar-refractivity contribution in [2.24, 2.45) is 0 Å². The molecule has 0 aliphatic carbocycles. The maximum absolute atomic E-state index is 12.9. The smallest absolute Gasteiger partial charge is 0.306 e. The van der Waals surface area contributed by atoms with Crippen LogP contribution < -0.4 is 0 Å². The monoisotopic (exact) mass is 1130 g/mol. The molecule has 0 aliphatic rings. The van der Waals surface area contributed by atoms with Crippen LogP contribution in [-0.2, 0) is 28.6 Å². The predicted molar refractivity (Wildman–Crippen MR) is 357 cm³/mol. The Kier molecular flexibility index (Phi) is 64.4. The molecule has 0 aromatic rings. The van der Waals surface area contributed by atoms with Gasteiger partial charge < -0.3 is 14.2 Å². The number of carbonyl (C=O) groups excluding carboxylic acids is 3. The van der Waals surface area contributed by atoms with Crippen LogP contribution in [0.1, 0.15) is 284 Å². The highest BCUT2D eigenvalue weighted by Crippen LogP contribution is 2.14. The lowest BCUT2D eigenvalue weighted by Crippen LogP contribution is -2.30. The third-order valence-electron chi connectivity index (χ3n) is 13.7. The summed E-state index contributed by atoms with van der Waals surface area (Å²) in [6.45, 7) is 6.42. The fourth-order valence-electron chi connectivity index (χ4n) is 8.72. The van der Waals surface area contributed by atoms with Crippen LogP contribution in [0.3, 0.4) is 0 Å². The Hall–Kier alpha value is -4.97. The van der Waals surface area contributed by atoms with Gasteiger partial charge in [0, 0.05) is 19.3 Å². The molecule has 6 nitrogen and oxygen atoms in total. The highest BCUT2D eigenvalue weighted by Gasteiger charge is 2.19. The van der Waals surface area contributed by atoms with Gasteiger partial charge in [-0.15, -0.1) is 0 Å². The van der Waals surface area contributed by atoms with E-state index in [1.807, 2.05) is 0 Å². The summed E-state index contributed by atoms with van der Waals surface area (Å²) in [6, 6.07) is 0. The minimum Gasteiger partial charge on any atom is -0.462 e. The van der Waals surface area contributed by atoms with E-state index >= 15 is 0 Å². The van der Waals surface area contributed by atoms with E-state index in [0.29, 0.717) is 19.3 Å². The van der Waals surface area contributed by atoms with Gasteiger partial charge in [0.1, 0.15) is 13.2 Å². The van der Waals surface area contributed by atoms with Crippen LogP contribution in [0.2, 0.25) is 0 Å². The minimum atomic E-state index is -0.806. The zero-order chi connectivity index (χ0) is 59.2. The minimum absolute atomic E-state index is 0.101. The van der Waals surface area contributed by atoms with E-state index in [9.17, 15) is 14.4 Å². The second kappa shape index (κ2) is 68.5. The fraction of sp³-hybridized carbons (Fsp3) is 0.618. The van der Waals surface area contributed by atoms with E-state index < -0.39 is 6.10 Å². The molecule has 0 aromatic heterocycles. The van der Waals surface area contributed by atoms with Crippen LogP contribution in [0.15, 0.2) is 158 Å². The predicted octanol–water partition coefficient (Wildman–Crippen LogP) is 23.3. The first-order valence-corrected chi connectivity index (χ1v) is 33.5. The summed E-state index contributed by atoms with van der Waals surface area (Å²) in [6.07, 6.45) is 99.6. The lowest BCUT2D eigenvalue weighted by atomic mass is 10.1. The lowest BCUT2D eigenvalue weighted by molar-refractivity contribution is -0.167. The first kappa shape index (κ1) is 77.0. The number of ether oxygens (including phenoxy) is 3. The molecule has 462 valence electrons. The molecular formula is C76H122O6. The van der Waals surface area contributed by atoms with Crippen molar-refractivity contribution in [2.45, 2.75) is 290 Å². The van der Waals surface area contributed by atoms with Gasteiger partial charge in [0.2, 0.25) is 0 Å². The Balaban J connectivity index is 4.40. The number of carbonyl (C=O) groups is 3. The molecule has 0 aliphatic heterocycles. The molecule has 0 radical (unpaired) electrons. The van der Waals surface area contributed by atoms with E-state index in [1.54, 1.807) is 0 Å². The summed E-state index contributed by atoms with van der Waals surface area (Å²) < 4.78 is 16.9. The van der Waals surface area contributed by atoms with Crippen LogP contribution in [-0.4, -0.2) is 37.2 Å². The topological polar surface area (TPSA) is 78.9 Å². The summed E-state index contributed by atoms with van der Waals surface area (Å²) in [5, 5.41) is 0. The van der Waals surface area contributed by atoms with Crippen molar-refractivity contribution in [3.63, 3.8) is 0 Å². The zero-order valence-corrected chi connectivity index (χ0v) is 52.9. The van der Waals surface area contributed by atoms with Crippen molar-refractivity contribution < 1.29 is 28.6 Å². The Bertz CT molecular complexity index is 1830. The molecule has 0 saturated heterocycles. The van der Waals surface area contributed by atoms with Gasteiger partial charge >= 0.3 is 17.9 Å². The maximum atomic E-state index is 12.9. The molecule has 82 heavy (non-hydrogen) atoms. The van der Waals surface area contributed by atoms with Crippen LogP contribution in [0.4, 0.5) is 0 Å². The normalized spacial score (nSPS) is 13.2. The Morgan fingerprint density at radius 3 is 0.780 bits per heavy atom. The second-order valence-corrected chi connectivity index (χ2v) is 21.6. The Morgan fingerprint density at radius 1 is 0.256 bits per heavy atom. The molecule has 1 unspecified atom stereocenters. The van der Waals surface area contributed by atoms with Gasteiger partial charge in [0.15, 0.2) is 6.10 Å². The van der Waals surface area contributed by atoms with Gasteiger partial charge in [-0.2, -0.15) is 0 Å². The van der Waals surface area contributed by atoms with Crippen LogP contribution >= 0.6 is 0 Å². The number of esters is 3. The van der Waals surface area contributed by atoms with E-state index in [-0.39, 0.29) is 31.1 Å². The fourth-order valence-corrected chi connectivity index (χ4v) is 8.72. The largest absolute Gasteiger partial charge is 0.462 e. The van der Waals surface area contributed by atoms with Gasteiger partial charge in [-0.1, -0.05) is 275 Å². The summed E-state index contributed by atoms with van der Waals surface area (Å²) in [5.74, 6) is -0.942. The van der Waals surface area contributed by atoms with Crippen molar-refractivity contribution in [3.05, 3.63) is 158 Å². The van der Waals surface area contributed by atoms with Gasteiger partial charge in [-0.05, 0) is 148 Å². The van der Waals surface area contributed by atoms with Crippen molar-refractivity contribution in [3.8, 4) is 0 Å². The van der Waals surface area contributed by atoms with Gasteiger partial charge in [0.25, 0.3) is 0 Å². The maximum Gasteiger partial charge on any atom is 0.306 e. The Morgan fingerprint density at radius 2 is 0.488 bits per heavy atom. The molecule has 0 N–H and O–H groups in total. The summed E-state index contributed by atoms with van der Waals surface area (Å²) in [4.78, 5) is 38.4. The first-order chi connectivity index (χ1) is 40.5. The molecule has 0 fully saturated rings. The van der Waals surface area contributed by atoms with Crippen molar-refractivity contribution >= 4 is 17.9 Å². The number of unbranched alkanes of at least 4 members (excludes halogenated alkanes) is 22. The quantitative estimate of drug-likeness (QED) is 0.0261. The van der Waals surface area contributed by atoms with Crippen molar-refractivity contribution in [1.82, 2.24) is 0 Å². The summed E-state index contributed by atoms with van der Waals surface area (Å²) in [5.41, 5.74) is 0. The van der Waals surface area contributed by atoms with Crippen molar-refractivity contribution in [2.75, 3.05) is 13.2 Å². The van der Waals surface area contributed by atoms with Gasteiger partial charge in [-0.25, -0.2) is 0 Å². The lowest BCUT2D eigenvalue weighted by Gasteiger charge is -2.18. The molecule has 0 amide bonds. The van der Waals surface area contributed by atoms with Crippen molar-refractivity contribution in [1.29, 1.82) is 0 Å². The van der Waals surface area contributed by atoms with Gasteiger partial charge in [0.05, 0.1) is 0 Å². The van der Waals surface area contributed by atoms with E-state index in [1.165, 1.54) is 70.6 Å². The van der Waals surface area contributed by atoms with Crippen LogP contribution in [0.5, 0.6) is 0 Å². The second-order valence-electron chi connectivity index (χ2n) is 21.6. The summed E-state index contributed by atoms with van der Waals surface area (Å²) in [7, 11) is 0. The SMILES string of the molecule is CC/C=C\C/C=C\C/C=C\C/C=C\C/C=C\C/C=C\C/C=C\C/C=C\CCCCCCCCC(=O)OCC(COC(=O)CCCCCCC/C=C\C/C=C\CCCC)OC(=O)CCCCCCCC/C=C\C/C=C\C/C=C\CCCCC. The molecule has 0 aromatic carbocycles. The average Bonchev–Trinajstić information content (AvgIpc) is 3.47. The number of hydrogen-bond acceptors (Lipinski definition) is 6. The van der Waals surface area contributed by atoms with E-state index in [4.69, 9.17) is 14.2 Å². The molecule has 0 spiro atoms. The average molecular weight is 1130 g/mol. The molecule has 0 saturated carbocycles. The van der Waals surface area contributed by atoms with Crippen LogP contribution in [0, 0.1) is 0 Å². The van der Waals surface area contributed by atoms with E-state index in [0.717, 1.165) is 173 Å². The Labute approximate surface area is 505 Å². The van der Waals surface area contributed by atoms with Crippen LogP contribution in [0.25, 0.3) is 0 Å². The standard InChI is InChI=1S/C76H122O6/c1-4-7-10-13-16-19-22-25-28-30-32-33-34-35-36-37-38-39-40-41-42-43-45-46-48-51-54-57-60-63-66-69-75(78)81-72-73(71-80-74(77)68-65-62-59-56-53-50-27-24-21-18-15-12-9-6-3)82-76(79)70-67-64-61-58-55-52-49-47-44-31-29-26-23-20-17-14-11-8-5-2/h7,10,15-20,24-29,32-33,35-36,38-39,41-42,44-47,73H,4-6,8-9,11-14,21-23,30-31,34,37,40,43,48-72H2,1-3H3/b10-7-,18-15-,19-16-,20-17-,27-24-,28-25-,29-26-,33-32-,36-35-,39-38-,42-41-,46-45-,47-44-. The third kappa shape index (κ3) is 65.8. The summed E-state index contributed by atoms with van der Waals surface area (Å²) >= 11 is 0. The number of rotatable bonds is 59. The molecule has 0 heterocycles. The highest BCUT2D eigenvalue weighted by molar-refractivity contribution is 5.71. The first-order valence-electron chi connectivity index (χ1n) is 33.5.